The first-order chi connectivity index (χ1) is 12.0. The van der Waals surface area contributed by atoms with Gasteiger partial charge in [0.15, 0.2) is 11.5 Å². The monoisotopic (exact) mass is 348 g/mol. The Hall–Kier alpha value is -2.28. The van der Waals surface area contributed by atoms with Gasteiger partial charge in [0.1, 0.15) is 6.61 Å². The minimum Gasteiger partial charge on any atom is -0.485 e. The molecule has 25 heavy (non-hydrogen) atoms. The molecule has 1 aromatic rings. The van der Waals surface area contributed by atoms with Crippen molar-refractivity contribution >= 4 is 11.9 Å². The molecule has 1 N–H and O–H groups in total. The molecule has 0 spiro atoms. The van der Waals surface area contributed by atoms with Gasteiger partial charge in [-0.2, -0.15) is 0 Å². The van der Waals surface area contributed by atoms with Crippen LogP contribution in [-0.4, -0.2) is 72.2 Å². The van der Waals surface area contributed by atoms with Crippen LogP contribution in [0.1, 0.15) is 19.3 Å². The van der Waals surface area contributed by atoms with E-state index in [1.165, 1.54) is 0 Å². The summed E-state index contributed by atoms with van der Waals surface area (Å²) in [7, 11) is 1.82. The first-order valence-electron chi connectivity index (χ1n) is 8.64. The molecule has 2 aliphatic heterocycles. The Morgan fingerprint density at radius 1 is 1.24 bits per heavy atom. The summed E-state index contributed by atoms with van der Waals surface area (Å²) < 4.78 is 11.4. The fourth-order valence-corrected chi connectivity index (χ4v) is 3.43. The quantitative estimate of drug-likeness (QED) is 0.881. The maximum Gasteiger partial charge on any atom is 0.317 e. The van der Waals surface area contributed by atoms with Gasteiger partial charge in [0.25, 0.3) is 5.91 Å². The van der Waals surface area contributed by atoms with Gasteiger partial charge in [0.2, 0.25) is 6.10 Å². The van der Waals surface area contributed by atoms with E-state index in [0.29, 0.717) is 24.6 Å². The highest BCUT2D eigenvalue weighted by atomic mass is 16.6. The molecule has 7 heteroatoms. The fourth-order valence-electron chi connectivity index (χ4n) is 3.43. The molecule has 1 aromatic carbocycles. The van der Waals surface area contributed by atoms with E-state index in [0.717, 1.165) is 19.3 Å². The molecule has 1 amide bonds. The van der Waals surface area contributed by atoms with E-state index >= 15 is 0 Å². The van der Waals surface area contributed by atoms with Crippen molar-refractivity contribution in [1.29, 1.82) is 0 Å². The van der Waals surface area contributed by atoms with Gasteiger partial charge in [-0.05, 0) is 38.4 Å². The Morgan fingerprint density at radius 3 is 2.76 bits per heavy atom. The van der Waals surface area contributed by atoms with Crippen LogP contribution < -0.4 is 9.47 Å². The summed E-state index contributed by atoms with van der Waals surface area (Å²) in [6, 6.07) is 7.52. The molecule has 3 rings (SSSR count). The van der Waals surface area contributed by atoms with E-state index in [9.17, 15) is 9.59 Å². The number of carbonyl (C=O) groups is 2. The lowest BCUT2D eigenvalue weighted by Gasteiger charge is -2.30. The molecule has 1 saturated heterocycles. The maximum absolute atomic E-state index is 12.8. The largest absolute Gasteiger partial charge is 0.485 e. The zero-order chi connectivity index (χ0) is 17.8. The van der Waals surface area contributed by atoms with Crippen LogP contribution in [0.5, 0.6) is 11.5 Å². The number of rotatable bonds is 4. The van der Waals surface area contributed by atoms with Crippen molar-refractivity contribution in [3.63, 3.8) is 0 Å². The van der Waals surface area contributed by atoms with E-state index in [2.05, 4.69) is 0 Å². The lowest BCUT2D eigenvalue weighted by molar-refractivity contribution is -0.141. The van der Waals surface area contributed by atoms with Gasteiger partial charge in [-0.3, -0.25) is 14.5 Å². The molecular weight excluding hydrogens is 324 g/mol. The second kappa shape index (κ2) is 7.74. The summed E-state index contributed by atoms with van der Waals surface area (Å²) in [5.74, 6) is 0.376. The molecule has 2 aliphatic rings. The summed E-state index contributed by atoms with van der Waals surface area (Å²) in [4.78, 5) is 27.3. The van der Waals surface area contributed by atoms with E-state index in [-0.39, 0.29) is 25.1 Å². The number of carboxylic acids is 1. The predicted octanol–water partition coefficient (Wildman–Crippen LogP) is 1.22. The molecule has 136 valence electrons. The number of amides is 1. The number of carboxylic acid groups (broad SMARTS) is 1. The first-order valence-corrected chi connectivity index (χ1v) is 8.64. The number of ether oxygens (including phenoxy) is 2. The Balaban J connectivity index is 1.57. The average Bonchev–Trinajstić information content (AvgIpc) is 2.86. The van der Waals surface area contributed by atoms with Gasteiger partial charge >= 0.3 is 5.97 Å². The van der Waals surface area contributed by atoms with E-state index in [4.69, 9.17) is 14.6 Å². The van der Waals surface area contributed by atoms with Gasteiger partial charge in [-0.25, -0.2) is 0 Å². The zero-order valence-corrected chi connectivity index (χ0v) is 14.4. The predicted molar refractivity (Wildman–Crippen MR) is 90.8 cm³/mol. The molecule has 0 aliphatic carbocycles. The van der Waals surface area contributed by atoms with E-state index in [1.807, 2.05) is 35.0 Å². The van der Waals surface area contributed by atoms with Gasteiger partial charge in [-0.1, -0.05) is 12.1 Å². The number of aliphatic carboxylic acids is 1. The van der Waals surface area contributed by atoms with Crippen molar-refractivity contribution in [3.8, 4) is 11.5 Å². The van der Waals surface area contributed by atoms with Crippen LogP contribution in [0.4, 0.5) is 0 Å². The molecule has 0 aromatic heterocycles. The van der Waals surface area contributed by atoms with Crippen LogP contribution >= 0.6 is 0 Å². The van der Waals surface area contributed by atoms with Crippen molar-refractivity contribution in [1.82, 2.24) is 9.80 Å². The Labute approximate surface area is 147 Å². The number of benzene rings is 1. The molecule has 2 unspecified atom stereocenters. The van der Waals surface area contributed by atoms with Crippen molar-refractivity contribution < 1.29 is 24.2 Å². The smallest absolute Gasteiger partial charge is 0.317 e. The van der Waals surface area contributed by atoms with Gasteiger partial charge in [-0.15, -0.1) is 0 Å². The third-order valence-electron chi connectivity index (χ3n) is 4.80. The summed E-state index contributed by atoms with van der Waals surface area (Å²) >= 11 is 0. The highest BCUT2D eigenvalue weighted by Crippen LogP contribution is 2.31. The zero-order valence-electron chi connectivity index (χ0n) is 14.4. The molecule has 2 heterocycles. The van der Waals surface area contributed by atoms with Crippen LogP contribution in [-0.2, 0) is 9.59 Å². The standard InChI is InChI=1S/C18H24N2O5/c1-19(11-17(21)22)13-5-4-9-20(10-8-13)18(23)16-12-24-14-6-2-3-7-15(14)25-16/h2-3,6-7,13,16H,4-5,8-12H2,1H3,(H,21,22). The number of carbonyl (C=O) groups excluding carboxylic acids is 1. The number of nitrogens with zero attached hydrogens (tertiary/aromatic N) is 2. The third-order valence-corrected chi connectivity index (χ3v) is 4.80. The van der Waals surface area contributed by atoms with Gasteiger partial charge in [0, 0.05) is 19.1 Å². The second-order valence-electron chi connectivity index (χ2n) is 6.58. The molecule has 1 fully saturated rings. The third kappa shape index (κ3) is 4.22. The van der Waals surface area contributed by atoms with Crippen LogP contribution in [0.2, 0.25) is 0 Å². The molecule has 0 radical (unpaired) electrons. The SMILES string of the molecule is CN(CC(=O)O)C1CCCN(C(=O)C2COc3ccccc3O2)CC1. The number of likely N-dealkylation sites (N-methyl/N-ethyl adjacent to an activating group) is 1. The van der Waals surface area contributed by atoms with Crippen LogP contribution in [0.25, 0.3) is 0 Å². The van der Waals surface area contributed by atoms with E-state index < -0.39 is 12.1 Å². The van der Waals surface area contributed by atoms with Crippen molar-refractivity contribution in [2.45, 2.75) is 31.4 Å². The maximum atomic E-state index is 12.8. The number of fused-ring (bicyclic) bond motifs is 1. The topological polar surface area (TPSA) is 79.3 Å². The van der Waals surface area contributed by atoms with E-state index in [1.54, 1.807) is 6.07 Å². The normalized spacial score (nSPS) is 23.2. The van der Waals surface area contributed by atoms with Gasteiger partial charge < -0.3 is 19.5 Å². The molecule has 7 nitrogen and oxygen atoms in total. The van der Waals surface area contributed by atoms with Crippen molar-refractivity contribution in [2.75, 3.05) is 33.3 Å². The van der Waals surface area contributed by atoms with Crippen LogP contribution in [0.15, 0.2) is 24.3 Å². The van der Waals surface area contributed by atoms with Crippen LogP contribution in [0, 0.1) is 0 Å². The summed E-state index contributed by atoms with van der Waals surface area (Å²) in [6.45, 7) is 1.51. The number of para-hydroxylation sites is 2. The lowest BCUT2D eigenvalue weighted by atomic mass is 10.1. The molecule has 0 saturated carbocycles. The summed E-state index contributed by atoms with van der Waals surface area (Å²) in [6.07, 6.45) is 1.88. The molecule has 0 bridgehead atoms. The first kappa shape index (κ1) is 17.5. The van der Waals surface area contributed by atoms with Crippen LogP contribution in [0.3, 0.4) is 0 Å². The lowest BCUT2D eigenvalue weighted by Crippen LogP contribution is -2.47. The number of hydrogen-bond acceptors (Lipinski definition) is 5. The highest BCUT2D eigenvalue weighted by Gasteiger charge is 2.32. The average molecular weight is 348 g/mol. The summed E-state index contributed by atoms with van der Waals surface area (Å²) in [5, 5.41) is 8.94. The number of likely N-dealkylation sites (tertiary alicyclic amines) is 1. The second-order valence-corrected chi connectivity index (χ2v) is 6.58. The molecule has 2 atom stereocenters. The minimum atomic E-state index is -0.828. The Bertz CT molecular complexity index is 636. The van der Waals surface area contributed by atoms with Crippen molar-refractivity contribution in [2.24, 2.45) is 0 Å². The molecular formula is C18H24N2O5. The van der Waals surface area contributed by atoms with Gasteiger partial charge in [0.05, 0.1) is 6.54 Å². The van der Waals surface area contributed by atoms with Crippen molar-refractivity contribution in [3.05, 3.63) is 24.3 Å². The number of hydrogen-bond donors (Lipinski definition) is 1. The Morgan fingerprint density at radius 2 is 2.00 bits per heavy atom. The minimum absolute atomic E-state index is 0.0228. The Kier molecular flexibility index (Phi) is 5.43. The fraction of sp³-hybridized carbons (Fsp3) is 0.556. The highest BCUT2D eigenvalue weighted by molar-refractivity contribution is 5.82. The summed E-state index contributed by atoms with van der Waals surface area (Å²) in [5.41, 5.74) is 0.